The zero-order valence-corrected chi connectivity index (χ0v) is 27.0. The van der Waals surface area contributed by atoms with Gasteiger partial charge in [0.2, 0.25) is 0 Å². The summed E-state index contributed by atoms with van der Waals surface area (Å²) in [6, 6.07) is 1.97. The van der Waals surface area contributed by atoms with Crippen molar-refractivity contribution in [1.29, 1.82) is 0 Å². The Bertz CT molecular complexity index is 693. The molecule has 254 valence electrons. The Morgan fingerprint density at radius 1 is 0.571 bits per heavy atom. The molecule has 0 spiro atoms. The predicted molar refractivity (Wildman–Crippen MR) is 195 cm³/mol. The van der Waals surface area contributed by atoms with Gasteiger partial charge in [0, 0.05) is 96.4 Å². The number of aliphatic imine (C=N–C) groups is 1. The van der Waals surface area contributed by atoms with Crippen molar-refractivity contribution in [3.8, 4) is 0 Å². The van der Waals surface area contributed by atoms with Crippen molar-refractivity contribution >= 4 is 17.6 Å². The van der Waals surface area contributed by atoms with Crippen LogP contribution in [0.1, 0.15) is 48.7 Å². The summed E-state index contributed by atoms with van der Waals surface area (Å²) in [5.41, 5.74) is 1.19. The minimum absolute atomic E-state index is 0. The Morgan fingerprint density at radius 3 is 1.19 bits per heavy atom. The molecule has 0 amide bonds. The molecular formula is C32H75N9S. The normalized spacial score (nSPS) is 19.7. The molecular weight excluding hydrogens is 542 g/mol. The standard InChI is InChI=1S/C7H16N2.C6H14N2.C5H10N2.C5H8N2.C5H11NS.4CH4/c1-8-4-3-5-9(2)7-6-8;1-7-3-5-8(2)6-4-7;1-5-6-3-4-7(5)2;1-5-3-4-6-7(5)2;1-6-2-4-7-5-3-6;;;;/h3-7H2,1-2H3;3-6H2,1-2H3;3-4H2,1-2H3;3-4H,1-2H3;2-5H2,1H3;4*1H4. The molecule has 42 heavy (non-hydrogen) atoms. The lowest BCUT2D eigenvalue weighted by Crippen LogP contribution is -2.42. The number of nitrogens with zero attached hydrogens (tertiary/aromatic N) is 9. The van der Waals surface area contributed by atoms with Crippen LogP contribution in [0.25, 0.3) is 0 Å². The number of aryl methyl sites for hydroxylation is 2. The monoisotopic (exact) mass is 618 g/mol. The molecule has 4 aliphatic rings. The van der Waals surface area contributed by atoms with Crippen molar-refractivity contribution in [1.82, 2.24) is 39.2 Å². The van der Waals surface area contributed by atoms with Crippen LogP contribution in [-0.4, -0.2) is 177 Å². The Morgan fingerprint density at radius 2 is 0.976 bits per heavy atom. The summed E-state index contributed by atoms with van der Waals surface area (Å²) in [5.74, 6) is 3.83. The number of hydrogen-bond donors (Lipinski definition) is 0. The number of rotatable bonds is 0. The number of hydrogen-bond acceptors (Lipinski definition) is 9. The number of thioether (sulfide) groups is 1. The predicted octanol–water partition coefficient (Wildman–Crippen LogP) is 4.41. The second-order valence-electron chi connectivity index (χ2n) is 10.9. The second-order valence-corrected chi connectivity index (χ2v) is 12.2. The number of aromatic nitrogens is 2. The second kappa shape index (κ2) is 28.6. The molecule has 0 aromatic carbocycles. The first-order valence-electron chi connectivity index (χ1n) is 14.3. The number of amidine groups is 1. The molecule has 1 aromatic heterocycles. The van der Waals surface area contributed by atoms with Gasteiger partial charge in [-0.1, -0.05) is 29.7 Å². The molecule has 3 fully saturated rings. The smallest absolute Gasteiger partial charge is 0.0956 e. The first-order chi connectivity index (χ1) is 18.1. The van der Waals surface area contributed by atoms with Gasteiger partial charge >= 0.3 is 0 Å². The first-order valence-corrected chi connectivity index (χ1v) is 15.4. The fourth-order valence-corrected chi connectivity index (χ4v) is 4.91. The van der Waals surface area contributed by atoms with Crippen LogP contribution in [0.2, 0.25) is 0 Å². The van der Waals surface area contributed by atoms with Gasteiger partial charge in [-0.25, -0.2) is 0 Å². The van der Waals surface area contributed by atoms with Gasteiger partial charge in [0.15, 0.2) is 0 Å². The van der Waals surface area contributed by atoms with Gasteiger partial charge in [-0.2, -0.15) is 16.9 Å². The Kier molecular flexibility index (Phi) is 32.5. The quantitative estimate of drug-likeness (QED) is 0.425. The molecule has 0 atom stereocenters. The molecule has 0 N–H and O–H groups in total. The highest BCUT2D eigenvalue weighted by Crippen LogP contribution is 2.05. The number of likely N-dealkylation sites (N-methyl/N-ethyl adjacent to an activating group) is 5. The van der Waals surface area contributed by atoms with E-state index in [1.54, 1.807) is 6.20 Å². The molecule has 3 saturated heterocycles. The van der Waals surface area contributed by atoms with Crippen LogP contribution in [0.3, 0.4) is 0 Å². The lowest BCUT2D eigenvalue weighted by molar-refractivity contribution is 0.181. The summed E-state index contributed by atoms with van der Waals surface area (Å²) in [6.45, 7) is 18.6. The van der Waals surface area contributed by atoms with E-state index in [9.17, 15) is 0 Å². The summed E-state index contributed by atoms with van der Waals surface area (Å²) in [4.78, 5) is 18.2. The van der Waals surface area contributed by atoms with E-state index in [-0.39, 0.29) is 29.7 Å². The third-order valence-corrected chi connectivity index (χ3v) is 8.24. The molecule has 4 aliphatic heterocycles. The summed E-state index contributed by atoms with van der Waals surface area (Å²) < 4.78 is 1.83. The minimum Gasteiger partial charge on any atom is -0.362 e. The van der Waals surface area contributed by atoms with Crippen molar-refractivity contribution in [2.45, 2.75) is 50.0 Å². The third-order valence-electron chi connectivity index (χ3n) is 7.30. The van der Waals surface area contributed by atoms with E-state index in [4.69, 9.17) is 0 Å². The van der Waals surface area contributed by atoms with Crippen LogP contribution >= 0.6 is 11.8 Å². The maximum atomic E-state index is 4.16. The van der Waals surface area contributed by atoms with E-state index >= 15 is 0 Å². The molecule has 0 unspecified atom stereocenters. The van der Waals surface area contributed by atoms with Crippen LogP contribution in [0, 0.1) is 6.92 Å². The fourth-order valence-electron chi connectivity index (χ4n) is 3.82. The third kappa shape index (κ3) is 24.3. The molecule has 0 bridgehead atoms. The zero-order valence-electron chi connectivity index (χ0n) is 26.2. The van der Waals surface area contributed by atoms with E-state index in [1.807, 2.05) is 31.6 Å². The Balaban J connectivity index is -0.000000211. The lowest BCUT2D eigenvalue weighted by Gasteiger charge is -2.28. The SMILES string of the molecule is C.C.C.C.CC1=NCCN1C.CN1CCCN(C)CC1.CN1CCN(C)CC1.CN1CCSCC1.Cc1ccnn1C. The summed E-state index contributed by atoms with van der Waals surface area (Å²) in [5, 5.41) is 3.93. The van der Waals surface area contributed by atoms with E-state index in [0.717, 1.165) is 13.1 Å². The van der Waals surface area contributed by atoms with E-state index in [2.05, 4.69) is 93.5 Å². The fraction of sp³-hybridized carbons (Fsp3) is 0.875. The average molecular weight is 618 g/mol. The highest BCUT2D eigenvalue weighted by atomic mass is 32.2. The Labute approximate surface area is 268 Å². The largest absolute Gasteiger partial charge is 0.362 e. The molecule has 0 saturated carbocycles. The topological polar surface area (TPSA) is 49.6 Å². The van der Waals surface area contributed by atoms with Crippen molar-refractivity contribution < 1.29 is 0 Å². The van der Waals surface area contributed by atoms with Crippen LogP contribution in [0.4, 0.5) is 0 Å². The molecule has 5 heterocycles. The molecule has 9 nitrogen and oxygen atoms in total. The first kappa shape index (κ1) is 47.8. The number of piperazine rings is 1. The van der Waals surface area contributed by atoms with Gasteiger partial charge in [-0.15, -0.1) is 0 Å². The van der Waals surface area contributed by atoms with Crippen LogP contribution in [-0.2, 0) is 7.05 Å². The van der Waals surface area contributed by atoms with Crippen LogP contribution in [0.15, 0.2) is 17.3 Å². The van der Waals surface area contributed by atoms with Crippen molar-refractivity contribution in [2.24, 2.45) is 12.0 Å². The van der Waals surface area contributed by atoms with Crippen LogP contribution in [0.5, 0.6) is 0 Å². The molecule has 1 aromatic rings. The van der Waals surface area contributed by atoms with Gasteiger partial charge in [0.1, 0.15) is 0 Å². The summed E-state index contributed by atoms with van der Waals surface area (Å²) in [6.07, 6.45) is 3.11. The van der Waals surface area contributed by atoms with Crippen molar-refractivity contribution in [3.63, 3.8) is 0 Å². The Hall–Kier alpha value is -1.17. The van der Waals surface area contributed by atoms with Crippen molar-refractivity contribution in [3.05, 3.63) is 18.0 Å². The maximum absolute atomic E-state index is 4.16. The van der Waals surface area contributed by atoms with E-state index in [0.29, 0.717) is 0 Å². The van der Waals surface area contributed by atoms with Gasteiger partial charge in [-0.05, 0) is 74.7 Å². The molecule has 0 aliphatic carbocycles. The van der Waals surface area contributed by atoms with Crippen LogP contribution < -0.4 is 0 Å². The van der Waals surface area contributed by atoms with Gasteiger partial charge in [-0.3, -0.25) is 9.67 Å². The average Bonchev–Trinajstić information content (AvgIpc) is 3.40. The zero-order chi connectivity index (χ0) is 28.3. The van der Waals surface area contributed by atoms with E-state index in [1.165, 1.54) is 94.9 Å². The lowest BCUT2D eigenvalue weighted by atomic mass is 10.4. The van der Waals surface area contributed by atoms with Gasteiger partial charge in [0.25, 0.3) is 0 Å². The van der Waals surface area contributed by atoms with Gasteiger partial charge in [0.05, 0.1) is 12.4 Å². The summed E-state index contributed by atoms with van der Waals surface area (Å²) in [7, 11) is 14.9. The summed E-state index contributed by atoms with van der Waals surface area (Å²) >= 11 is 2.06. The molecule has 0 radical (unpaired) electrons. The highest BCUT2D eigenvalue weighted by Gasteiger charge is 2.08. The highest BCUT2D eigenvalue weighted by molar-refractivity contribution is 7.99. The molecule has 5 rings (SSSR count). The van der Waals surface area contributed by atoms with E-state index < -0.39 is 0 Å². The van der Waals surface area contributed by atoms with Crippen molar-refractivity contribution in [2.75, 3.05) is 132 Å². The minimum atomic E-state index is 0. The maximum Gasteiger partial charge on any atom is 0.0956 e. The van der Waals surface area contributed by atoms with Gasteiger partial charge < -0.3 is 29.4 Å². The molecule has 10 heteroatoms.